The van der Waals surface area contributed by atoms with E-state index in [2.05, 4.69) is 48.5 Å². The van der Waals surface area contributed by atoms with Crippen LogP contribution in [0.3, 0.4) is 0 Å². The lowest BCUT2D eigenvalue weighted by molar-refractivity contribution is 0.670. The standard InChI is InChI=1S/C25H25BrN8O/c1-3-4-7-18-16-34(24-22(26)11-13-32(24)2)25(35)33(18)15-17-14-27-12-10-19(17)20-8-5-6-9-21(20)23-28-30-31-29-23/h5-6,8-14,16H,3-4,7,15H2,1-2H3,(H,28,29,30,31). The molecule has 0 radical (unpaired) electrons. The third-order valence-corrected chi connectivity index (χ3v) is 6.74. The minimum Gasteiger partial charge on any atom is -0.336 e. The number of pyridine rings is 1. The molecule has 5 aromatic rings. The van der Waals surface area contributed by atoms with Gasteiger partial charge in [-0.05, 0) is 68.0 Å². The van der Waals surface area contributed by atoms with E-state index in [0.717, 1.165) is 57.5 Å². The average molecular weight is 533 g/mol. The Morgan fingerprint density at radius 3 is 2.63 bits per heavy atom. The number of nitrogens with one attached hydrogen (secondary N) is 1. The predicted octanol–water partition coefficient (Wildman–Crippen LogP) is 4.37. The van der Waals surface area contributed by atoms with E-state index in [1.54, 1.807) is 10.8 Å². The van der Waals surface area contributed by atoms with Gasteiger partial charge in [0.15, 0.2) is 5.82 Å². The van der Waals surface area contributed by atoms with Crippen LogP contribution in [0.25, 0.3) is 28.3 Å². The zero-order chi connectivity index (χ0) is 24.4. The van der Waals surface area contributed by atoms with E-state index >= 15 is 0 Å². The molecule has 0 aliphatic rings. The molecule has 10 heteroatoms. The van der Waals surface area contributed by atoms with Crippen molar-refractivity contribution in [3.8, 4) is 28.3 Å². The molecule has 0 amide bonds. The smallest absolute Gasteiger partial charge is 0.334 e. The maximum atomic E-state index is 13.7. The second kappa shape index (κ2) is 9.83. The number of aromatic amines is 1. The lowest BCUT2D eigenvalue weighted by Crippen LogP contribution is -2.26. The predicted molar refractivity (Wildman–Crippen MR) is 137 cm³/mol. The maximum absolute atomic E-state index is 13.7. The number of unbranched alkanes of at least 4 members (excludes halogenated alkanes) is 1. The summed E-state index contributed by atoms with van der Waals surface area (Å²) < 4.78 is 6.39. The molecule has 0 saturated carbocycles. The highest BCUT2D eigenvalue weighted by molar-refractivity contribution is 9.10. The number of H-pyrrole nitrogens is 1. The first-order chi connectivity index (χ1) is 17.1. The van der Waals surface area contributed by atoms with Crippen LogP contribution >= 0.6 is 15.9 Å². The molecule has 0 spiro atoms. The molecule has 4 heterocycles. The van der Waals surface area contributed by atoms with Gasteiger partial charge in [0.05, 0.1) is 11.0 Å². The van der Waals surface area contributed by atoms with Crippen molar-refractivity contribution in [1.29, 1.82) is 0 Å². The van der Waals surface area contributed by atoms with E-state index in [1.807, 2.05) is 71.2 Å². The molecule has 4 aromatic heterocycles. The van der Waals surface area contributed by atoms with Gasteiger partial charge < -0.3 is 4.57 Å². The van der Waals surface area contributed by atoms with Gasteiger partial charge in [-0.1, -0.05) is 37.6 Å². The number of rotatable bonds is 8. The first kappa shape index (κ1) is 23.0. The lowest BCUT2D eigenvalue weighted by atomic mass is 9.96. The van der Waals surface area contributed by atoms with Crippen LogP contribution < -0.4 is 5.69 Å². The summed E-state index contributed by atoms with van der Waals surface area (Å²) >= 11 is 3.59. The van der Waals surface area contributed by atoms with E-state index in [0.29, 0.717) is 12.4 Å². The van der Waals surface area contributed by atoms with Gasteiger partial charge in [0.1, 0.15) is 5.82 Å². The van der Waals surface area contributed by atoms with Gasteiger partial charge in [0, 0.05) is 43.1 Å². The Bertz CT molecular complexity index is 1490. The summed E-state index contributed by atoms with van der Waals surface area (Å²) in [5.74, 6) is 1.39. The lowest BCUT2D eigenvalue weighted by Gasteiger charge is -2.14. The fourth-order valence-electron chi connectivity index (χ4n) is 4.36. The number of halogens is 1. The van der Waals surface area contributed by atoms with Crippen LogP contribution in [0.5, 0.6) is 0 Å². The van der Waals surface area contributed by atoms with Crippen LogP contribution in [0.4, 0.5) is 0 Å². The molecule has 0 unspecified atom stereocenters. The molecule has 0 fully saturated rings. The number of hydrogen-bond donors (Lipinski definition) is 1. The van der Waals surface area contributed by atoms with E-state index in [1.165, 1.54) is 0 Å². The van der Waals surface area contributed by atoms with Crippen LogP contribution in [-0.4, -0.2) is 39.3 Å². The monoisotopic (exact) mass is 532 g/mol. The molecule has 0 aliphatic heterocycles. The summed E-state index contributed by atoms with van der Waals surface area (Å²) in [5, 5.41) is 14.4. The van der Waals surface area contributed by atoms with Gasteiger partial charge in [0.2, 0.25) is 0 Å². The number of aryl methyl sites for hydroxylation is 2. The molecule has 35 heavy (non-hydrogen) atoms. The normalized spacial score (nSPS) is 11.3. The van der Waals surface area contributed by atoms with Crippen molar-refractivity contribution in [2.24, 2.45) is 7.05 Å². The van der Waals surface area contributed by atoms with Crippen molar-refractivity contribution in [1.82, 2.24) is 39.3 Å². The molecule has 1 aromatic carbocycles. The SMILES string of the molecule is CCCCc1cn(-c2c(Br)ccn2C)c(=O)n1Cc1cnccc1-c1ccccc1-c1nnn[nH]1. The molecule has 0 bridgehead atoms. The summed E-state index contributed by atoms with van der Waals surface area (Å²) in [4.78, 5) is 18.1. The van der Waals surface area contributed by atoms with Crippen LogP contribution in [0, 0.1) is 0 Å². The van der Waals surface area contributed by atoms with Gasteiger partial charge in [-0.3, -0.25) is 14.1 Å². The summed E-state index contributed by atoms with van der Waals surface area (Å²) in [6.07, 6.45) is 10.4. The van der Waals surface area contributed by atoms with Gasteiger partial charge in [-0.2, -0.15) is 0 Å². The molecule has 0 aliphatic carbocycles. The average Bonchev–Trinajstić information content (AvgIpc) is 3.59. The Morgan fingerprint density at radius 1 is 1.09 bits per heavy atom. The topological polar surface area (TPSA) is 99.2 Å². The highest BCUT2D eigenvalue weighted by atomic mass is 79.9. The molecule has 178 valence electrons. The van der Waals surface area contributed by atoms with E-state index < -0.39 is 0 Å². The quantitative estimate of drug-likeness (QED) is 0.319. The number of tetrazole rings is 1. The van der Waals surface area contributed by atoms with Gasteiger partial charge in [0.25, 0.3) is 0 Å². The number of benzene rings is 1. The van der Waals surface area contributed by atoms with Crippen molar-refractivity contribution in [2.45, 2.75) is 32.7 Å². The second-order valence-electron chi connectivity index (χ2n) is 8.39. The third-order valence-electron chi connectivity index (χ3n) is 6.12. The Kier molecular flexibility index (Phi) is 6.45. The fourth-order valence-corrected chi connectivity index (χ4v) is 4.95. The Balaban J connectivity index is 1.62. The first-order valence-corrected chi connectivity index (χ1v) is 12.3. The van der Waals surface area contributed by atoms with Gasteiger partial charge in [-0.25, -0.2) is 9.89 Å². The number of imidazole rings is 1. The summed E-state index contributed by atoms with van der Waals surface area (Å²) in [6, 6.07) is 11.9. The van der Waals surface area contributed by atoms with E-state index in [4.69, 9.17) is 0 Å². The van der Waals surface area contributed by atoms with Crippen LogP contribution in [0.15, 0.2) is 70.5 Å². The molecular formula is C25H25BrN8O. The van der Waals surface area contributed by atoms with Crippen LogP contribution in [0.2, 0.25) is 0 Å². The summed E-state index contributed by atoms with van der Waals surface area (Å²) in [6.45, 7) is 2.56. The first-order valence-electron chi connectivity index (χ1n) is 11.5. The second-order valence-corrected chi connectivity index (χ2v) is 9.24. The minimum absolute atomic E-state index is 0.0823. The maximum Gasteiger partial charge on any atom is 0.334 e. The molecule has 9 nitrogen and oxygen atoms in total. The highest BCUT2D eigenvalue weighted by Gasteiger charge is 2.19. The van der Waals surface area contributed by atoms with Crippen molar-refractivity contribution in [3.63, 3.8) is 0 Å². The molecule has 5 rings (SSSR count). The summed E-state index contributed by atoms with van der Waals surface area (Å²) in [5.41, 5.74) is 4.68. The Morgan fingerprint density at radius 2 is 1.91 bits per heavy atom. The van der Waals surface area contributed by atoms with Crippen molar-refractivity contribution in [3.05, 3.63) is 87.4 Å². The van der Waals surface area contributed by atoms with E-state index in [9.17, 15) is 4.79 Å². The molecule has 1 N–H and O–H groups in total. The molecular weight excluding hydrogens is 508 g/mol. The summed E-state index contributed by atoms with van der Waals surface area (Å²) in [7, 11) is 1.93. The number of aromatic nitrogens is 8. The van der Waals surface area contributed by atoms with Crippen LogP contribution in [-0.2, 0) is 20.0 Å². The van der Waals surface area contributed by atoms with Crippen molar-refractivity contribution >= 4 is 15.9 Å². The minimum atomic E-state index is -0.0823. The largest absolute Gasteiger partial charge is 0.336 e. The van der Waals surface area contributed by atoms with Gasteiger partial charge in [-0.15, -0.1) is 5.10 Å². The molecule has 0 atom stereocenters. The van der Waals surface area contributed by atoms with E-state index in [-0.39, 0.29) is 5.69 Å². The fraction of sp³-hybridized carbons (Fsp3) is 0.240. The van der Waals surface area contributed by atoms with Crippen molar-refractivity contribution < 1.29 is 0 Å². The number of nitrogens with zero attached hydrogens (tertiary/aromatic N) is 7. The third kappa shape index (κ3) is 4.37. The number of hydrogen-bond acceptors (Lipinski definition) is 5. The molecule has 0 saturated heterocycles. The van der Waals surface area contributed by atoms with Gasteiger partial charge >= 0.3 is 5.69 Å². The zero-order valence-corrected chi connectivity index (χ0v) is 21.1. The Hall–Kier alpha value is -3.79. The Labute approximate surface area is 210 Å². The zero-order valence-electron chi connectivity index (χ0n) is 19.5. The van der Waals surface area contributed by atoms with Crippen molar-refractivity contribution in [2.75, 3.05) is 0 Å². The highest BCUT2D eigenvalue weighted by Crippen LogP contribution is 2.32. The van der Waals surface area contributed by atoms with Crippen LogP contribution in [0.1, 0.15) is 31.0 Å².